The van der Waals surface area contributed by atoms with Crippen LogP contribution in [0.3, 0.4) is 0 Å². The molecule has 3 rings (SSSR count). The van der Waals surface area contributed by atoms with Crippen LogP contribution in [-0.4, -0.2) is 52.7 Å². The Labute approximate surface area is 172 Å². The fourth-order valence-electron chi connectivity index (χ4n) is 2.70. The lowest BCUT2D eigenvalue weighted by Crippen LogP contribution is -2.15. The topological polar surface area (TPSA) is 117 Å². The predicted molar refractivity (Wildman–Crippen MR) is 107 cm³/mol. The van der Waals surface area contributed by atoms with Crippen molar-refractivity contribution in [1.29, 1.82) is 0 Å². The molecule has 10 nitrogen and oxygen atoms in total. The van der Waals surface area contributed by atoms with Crippen molar-refractivity contribution in [2.45, 2.75) is 13.3 Å². The first-order valence-electron chi connectivity index (χ1n) is 9.11. The highest BCUT2D eigenvalue weighted by atomic mass is 16.6. The van der Waals surface area contributed by atoms with Gasteiger partial charge in [0.05, 0.1) is 31.7 Å². The van der Waals surface area contributed by atoms with E-state index in [1.165, 1.54) is 20.4 Å². The third-order valence-electron chi connectivity index (χ3n) is 4.18. The summed E-state index contributed by atoms with van der Waals surface area (Å²) in [6.45, 7) is 1.70. The van der Waals surface area contributed by atoms with Gasteiger partial charge in [-0.2, -0.15) is 5.10 Å². The predicted octanol–water partition coefficient (Wildman–Crippen LogP) is 2.04. The zero-order valence-electron chi connectivity index (χ0n) is 16.8. The third kappa shape index (κ3) is 4.72. The summed E-state index contributed by atoms with van der Waals surface area (Å²) in [4.78, 5) is 24.0. The monoisotopic (exact) mass is 411 g/mol. The van der Waals surface area contributed by atoms with Gasteiger partial charge in [0.1, 0.15) is 5.75 Å². The maximum absolute atomic E-state index is 12.8. The van der Waals surface area contributed by atoms with Crippen LogP contribution in [0.4, 0.5) is 5.69 Å². The van der Waals surface area contributed by atoms with E-state index in [4.69, 9.17) is 9.47 Å². The number of hydrogen-bond donors (Lipinski definition) is 1. The molecule has 0 aliphatic rings. The van der Waals surface area contributed by atoms with E-state index in [1.807, 2.05) is 6.92 Å². The Bertz CT molecular complexity index is 1030. The van der Waals surface area contributed by atoms with E-state index in [0.29, 0.717) is 40.8 Å². The van der Waals surface area contributed by atoms with Gasteiger partial charge in [0.15, 0.2) is 12.4 Å². The first-order chi connectivity index (χ1) is 14.5. The maximum atomic E-state index is 12.8. The summed E-state index contributed by atoms with van der Waals surface area (Å²) < 4.78 is 16.5. The van der Waals surface area contributed by atoms with Gasteiger partial charge in [0, 0.05) is 17.8 Å². The lowest BCUT2D eigenvalue weighted by molar-refractivity contribution is -0.142. The molecular formula is C20H21N5O5. The van der Waals surface area contributed by atoms with Gasteiger partial charge in [-0.05, 0) is 24.6 Å². The van der Waals surface area contributed by atoms with Crippen molar-refractivity contribution in [3.8, 4) is 17.4 Å². The molecule has 156 valence electrons. The van der Waals surface area contributed by atoms with Crippen LogP contribution in [0.25, 0.3) is 5.82 Å². The number of rotatable bonds is 8. The first-order valence-corrected chi connectivity index (χ1v) is 9.11. The molecule has 0 spiro atoms. The van der Waals surface area contributed by atoms with Crippen molar-refractivity contribution >= 4 is 17.6 Å². The second-order valence-corrected chi connectivity index (χ2v) is 6.05. The SMILES string of the molecule is CCc1c(C(=O)Nc2cccc(OCC(=O)OC)c2)cnn1-c1ccc(OC)nn1. The molecule has 2 aromatic heterocycles. The highest BCUT2D eigenvalue weighted by Gasteiger charge is 2.18. The molecular weight excluding hydrogens is 390 g/mol. The van der Waals surface area contributed by atoms with E-state index >= 15 is 0 Å². The van der Waals surface area contributed by atoms with E-state index in [-0.39, 0.29) is 12.5 Å². The molecule has 0 fully saturated rings. The van der Waals surface area contributed by atoms with Crippen molar-refractivity contribution < 1.29 is 23.8 Å². The summed E-state index contributed by atoms with van der Waals surface area (Å²) in [5.74, 6) is 0.468. The number of nitrogens with zero attached hydrogens (tertiary/aromatic N) is 4. The molecule has 3 aromatic rings. The average molecular weight is 411 g/mol. The van der Waals surface area contributed by atoms with Gasteiger partial charge in [0.25, 0.3) is 5.91 Å². The van der Waals surface area contributed by atoms with Gasteiger partial charge >= 0.3 is 5.97 Å². The van der Waals surface area contributed by atoms with Gasteiger partial charge in [-0.15, -0.1) is 10.2 Å². The molecule has 0 aliphatic carbocycles. The standard InChI is InChI=1S/C20H21N5O5/c1-4-16-15(11-21-25(16)17-8-9-18(28-2)24-23-17)20(27)22-13-6-5-7-14(10-13)30-12-19(26)29-3/h5-11H,4,12H2,1-3H3,(H,22,27). The fourth-order valence-corrected chi connectivity index (χ4v) is 2.70. The second kappa shape index (κ2) is 9.50. The number of carbonyl (C=O) groups is 2. The summed E-state index contributed by atoms with van der Waals surface area (Å²) in [6.07, 6.45) is 2.04. The van der Waals surface area contributed by atoms with Crippen molar-refractivity contribution in [2.75, 3.05) is 26.1 Å². The van der Waals surface area contributed by atoms with Crippen molar-refractivity contribution in [3.05, 3.63) is 53.9 Å². The summed E-state index contributed by atoms with van der Waals surface area (Å²) in [7, 11) is 2.79. The number of methoxy groups -OCH3 is 2. The summed E-state index contributed by atoms with van der Waals surface area (Å²) in [5, 5.41) is 15.1. The van der Waals surface area contributed by atoms with Crippen LogP contribution in [-0.2, 0) is 16.0 Å². The van der Waals surface area contributed by atoms with E-state index in [2.05, 4.69) is 25.3 Å². The number of anilines is 1. The van der Waals surface area contributed by atoms with Crippen LogP contribution in [0.15, 0.2) is 42.6 Å². The second-order valence-electron chi connectivity index (χ2n) is 6.05. The quantitative estimate of drug-likeness (QED) is 0.560. The molecule has 0 radical (unpaired) electrons. The van der Waals surface area contributed by atoms with Gasteiger partial charge in [-0.1, -0.05) is 13.0 Å². The Morgan fingerprint density at radius 1 is 1.13 bits per heavy atom. The van der Waals surface area contributed by atoms with E-state index in [9.17, 15) is 9.59 Å². The number of nitrogens with one attached hydrogen (secondary N) is 1. The molecule has 1 N–H and O–H groups in total. The van der Waals surface area contributed by atoms with Gasteiger partial charge in [-0.3, -0.25) is 4.79 Å². The van der Waals surface area contributed by atoms with Crippen LogP contribution < -0.4 is 14.8 Å². The highest BCUT2D eigenvalue weighted by Crippen LogP contribution is 2.20. The number of hydrogen-bond acceptors (Lipinski definition) is 8. The highest BCUT2D eigenvalue weighted by molar-refractivity contribution is 6.05. The van der Waals surface area contributed by atoms with E-state index < -0.39 is 5.97 Å². The van der Waals surface area contributed by atoms with Crippen molar-refractivity contribution in [2.24, 2.45) is 0 Å². The largest absolute Gasteiger partial charge is 0.482 e. The van der Waals surface area contributed by atoms with E-state index in [0.717, 1.165) is 0 Å². The molecule has 10 heteroatoms. The van der Waals surface area contributed by atoms with Crippen LogP contribution >= 0.6 is 0 Å². The molecule has 2 heterocycles. The molecule has 1 amide bonds. The molecule has 0 atom stereocenters. The molecule has 30 heavy (non-hydrogen) atoms. The lowest BCUT2D eigenvalue weighted by Gasteiger charge is -2.09. The summed E-state index contributed by atoms with van der Waals surface area (Å²) >= 11 is 0. The Kier molecular flexibility index (Phi) is 6.58. The van der Waals surface area contributed by atoms with Gasteiger partial charge in [0.2, 0.25) is 5.88 Å². The van der Waals surface area contributed by atoms with Crippen LogP contribution in [0.5, 0.6) is 11.6 Å². The van der Waals surface area contributed by atoms with Crippen LogP contribution in [0.2, 0.25) is 0 Å². The molecule has 0 unspecified atom stereocenters. The Morgan fingerprint density at radius 3 is 2.63 bits per heavy atom. The zero-order valence-corrected chi connectivity index (χ0v) is 16.8. The van der Waals surface area contributed by atoms with Crippen molar-refractivity contribution in [3.63, 3.8) is 0 Å². The molecule has 0 saturated carbocycles. The number of carbonyl (C=O) groups excluding carboxylic acids is 2. The minimum Gasteiger partial charge on any atom is -0.482 e. The van der Waals surface area contributed by atoms with Gasteiger partial charge < -0.3 is 19.5 Å². The summed E-state index contributed by atoms with van der Waals surface area (Å²) in [6, 6.07) is 10.1. The zero-order chi connectivity index (χ0) is 21.5. The number of amides is 1. The molecule has 0 aliphatic heterocycles. The third-order valence-corrected chi connectivity index (χ3v) is 4.18. The fraction of sp³-hybridized carbons (Fsp3) is 0.250. The van der Waals surface area contributed by atoms with Crippen LogP contribution in [0.1, 0.15) is 23.0 Å². The number of aromatic nitrogens is 4. The van der Waals surface area contributed by atoms with Crippen LogP contribution in [0, 0.1) is 0 Å². The molecule has 0 bridgehead atoms. The molecule has 1 aromatic carbocycles. The average Bonchev–Trinajstić information content (AvgIpc) is 3.22. The summed E-state index contributed by atoms with van der Waals surface area (Å²) in [5.41, 5.74) is 1.61. The number of ether oxygens (including phenoxy) is 3. The minimum atomic E-state index is -0.494. The number of esters is 1. The van der Waals surface area contributed by atoms with E-state index in [1.54, 1.807) is 41.1 Å². The smallest absolute Gasteiger partial charge is 0.343 e. The number of benzene rings is 1. The Balaban J connectivity index is 1.77. The minimum absolute atomic E-state index is 0.219. The molecule has 0 saturated heterocycles. The van der Waals surface area contributed by atoms with Crippen molar-refractivity contribution in [1.82, 2.24) is 20.0 Å². The Morgan fingerprint density at radius 2 is 1.97 bits per heavy atom. The Hall–Kier alpha value is -3.95. The lowest BCUT2D eigenvalue weighted by atomic mass is 10.2. The first kappa shape index (κ1) is 20.8. The van der Waals surface area contributed by atoms with Gasteiger partial charge in [-0.25, -0.2) is 9.48 Å². The normalized spacial score (nSPS) is 10.4. The maximum Gasteiger partial charge on any atom is 0.343 e.